The van der Waals surface area contributed by atoms with Gasteiger partial charge in [0.15, 0.2) is 0 Å². The first-order valence-electron chi connectivity index (χ1n) is 5.99. The van der Waals surface area contributed by atoms with Gasteiger partial charge in [-0.3, -0.25) is 4.79 Å². The van der Waals surface area contributed by atoms with E-state index in [1.807, 2.05) is 0 Å². The molecular weight excluding hydrogens is 200 g/mol. The fourth-order valence-electron chi connectivity index (χ4n) is 2.44. The van der Waals surface area contributed by atoms with Crippen LogP contribution in [-0.4, -0.2) is 12.6 Å². The quantitative estimate of drug-likeness (QED) is 0.537. The molecule has 0 aromatic rings. The van der Waals surface area contributed by atoms with Crippen molar-refractivity contribution < 1.29 is 9.53 Å². The van der Waals surface area contributed by atoms with Crippen molar-refractivity contribution in [2.45, 2.75) is 40.0 Å². The third-order valence-electron chi connectivity index (χ3n) is 3.33. The van der Waals surface area contributed by atoms with Gasteiger partial charge in [0.05, 0.1) is 5.92 Å². The van der Waals surface area contributed by atoms with Crippen LogP contribution in [0.5, 0.6) is 0 Å². The highest BCUT2D eigenvalue weighted by molar-refractivity contribution is 5.77. The molecule has 0 fully saturated rings. The van der Waals surface area contributed by atoms with Crippen LogP contribution in [0.3, 0.4) is 0 Å². The Hall–Kier alpha value is -1.05. The number of carbonyl (C=O) groups is 1. The number of allylic oxidation sites excluding steroid dienone is 1. The van der Waals surface area contributed by atoms with Crippen LogP contribution in [0.1, 0.15) is 40.0 Å². The molecule has 0 saturated heterocycles. The third-order valence-corrected chi connectivity index (χ3v) is 3.33. The molecule has 2 nitrogen and oxygen atoms in total. The zero-order chi connectivity index (χ0) is 12.2. The molecule has 1 rings (SSSR count). The van der Waals surface area contributed by atoms with Crippen molar-refractivity contribution >= 4 is 5.97 Å². The molecule has 1 atom stereocenters. The van der Waals surface area contributed by atoms with Crippen LogP contribution in [-0.2, 0) is 9.53 Å². The van der Waals surface area contributed by atoms with E-state index in [2.05, 4.69) is 33.4 Å². The number of rotatable bonds is 4. The van der Waals surface area contributed by atoms with Crippen LogP contribution >= 0.6 is 0 Å². The lowest BCUT2D eigenvalue weighted by molar-refractivity contribution is -0.150. The van der Waals surface area contributed by atoms with Crippen LogP contribution in [0.25, 0.3) is 0 Å². The monoisotopic (exact) mass is 222 g/mol. The third kappa shape index (κ3) is 2.75. The van der Waals surface area contributed by atoms with E-state index in [0.29, 0.717) is 6.61 Å². The molecule has 16 heavy (non-hydrogen) atoms. The SMILES string of the molecule is C=CCOC(=O)C1C(CC)=CCCC1(C)C. The summed E-state index contributed by atoms with van der Waals surface area (Å²) in [4.78, 5) is 12.0. The normalized spacial score (nSPS) is 23.4. The molecule has 1 unspecified atom stereocenters. The molecule has 0 amide bonds. The van der Waals surface area contributed by atoms with Gasteiger partial charge in [0.25, 0.3) is 0 Å². The second kappa shape index (κ2) is 5.33. The number of carbonyl (C=O) groups excluding carboxylic acids is 1. The number of hydrogen-bond donors (Lipinski definition) is 0. The van der Waals surface area contributed by atoms with Gasteiger partial charge in [-0.1, -0.05) is 45.1 Å². The molecule has 0 aromatic heterocycles. The van der Waals surface area contributed by atoms with Crippen molar-refractivity contribution in [1.29, 1.82) is 0 Å². The minimum Gasteiger partial charge on any atom is -0.461 e. The van der Waals surface area contributed by atoms with Gasteiger partial charge in [0.1, 0.15) is 6.61 Å². The van der Waals surface area contributed by atoms with E-state index in [9.17, 15) is 4.79 Å². The van der Waals surface area contributed by atoms with Crippen molar-refractivity contribution in [2.24, 2.45) is 11.3 Å². The standard InChI is InChI=1S/C14H22O2/c1-5-10-16-13(15)12-11(6-2)8-7-9-14(12,3)4/h5,8,12H,1,6-7,9-10H2,2-4H3. The summed E-state index contributed by atoms with van der Waals surface area (Å²) >= 11 is 0. The molecule has 0 aliphatic heterocycles. The van der Waals surface area contributed by atoms with Crippen LogP contribution in [0, 0.1) is 11.3 Å². The maximum Gasteiger partial charge on any atom is 0.313 e. The lowest BCUT2D eigenvalue weighted by Gasteiger charge is -2.37. The predicted octanol–water partition coefficient (Wildman–Crippen LogP) is 3.49. The fraction of sp³-hybridized carbons (Fsp3) is 0.643. The number of esters is 1. The first-order chi connectivity index (χ1) is 7.53. The van der Waals surface area contributed by atoms with Gasteiger partial charge >= 0.3 is 5.97 Å². The van der Waals surface area contributed by atoms with Gasteiger partial charge in [-0.2, -0.15) is 0 Å². The molecule has 0 aromatic carbocycles. The molecule has 0 radical (unpaired) electrons. The van der Waals surface area contributed by atoms with Gasteiger partial charge in [-0.25, -0.2) is 0 Å². The Bertz CT molecular complexity index is 300. The highest BCUT2D eigenvalue weighted by Crippen LogP contribution is 2.42. The lowest BCUT2D eigenvalue weighted by atomic mass is 9.68. The zero-order valence-electron chi connectivity index (χ0n) is 10.6. The summed E-state index contributed by atoms with van der Waals surface area (Å²) in [6.07, 6.45) is 6.86. The van der Waals surface area contributed by atoms with Gasteiger partial charge in [0, 0.05) is 0 Å². The summed E-state index contributed by atoms with van der Waals surface area (Å²) in [5, 5.41) is 0. The number of hydrogen-bond acceptors (Lipinski definition) is 2. The highest BCUT2D eigenvalue weighted by atomic mass is 16.5. The first-order valence-corrected chi connectivity index (χ1v) is 5.99. The first kappa shape index (κ1) is 13.0. The molecule has 1 aliphatic carbocycles. The Morgan fingerprint density at radius 2 is 2.38 bits per heavy atom. The van der Waals surface area contributed by atoms with Gasteiger partial charge in [-0.15, -0.1) is 0 Å². The summed E-state index contributed by atoms with van der Waals surface area (Å²) in [6.45, 7) is 10.3. The Morgan fingerprint density at radius 3 is 2.94 bits per heavy atom. The van der Waals surface area contributed by atoms with Gasteiger partial charge in [-0.05, 0) is 24.7 Å². The maximum absolute atomic E-state index is 12.0. The van der Waals surface area contributed by atoms with Crippen molar-refractivity contribution in [3.63, 3.8) is 0 Å². The van der Waals surface area contributed by atoms with Crippen molar-refractivity contribution in [2.75, 3.05) is 6.61 Å². The van der Waals surface area contributed by atoms with E-state index in [1.54, 1.807) is 6.08 Å². The second-order valence-electron chi connectivity index (χ2n) is 5.01. The van der Waals surface area contributed by atoms with Crippen LogP contribution in [0.15, 0.2) is 24.3 Å². The Morgan fingerprint density at radius 1 is 1.69 bits per heavy atom. The molecule has 0 saturated carbocycles. The molecular formula is C14H22O2. The topological polar surface area (TPSA) is 26.3 Å². The summed E-state index contributed by atoms with van der Waals surface area (Å²) in [6, 6.07) is 0. The van der Waals surface area contributed by atoms with E-state index in [0.717, 1.165) is 19.3 Å². The maximum atomic E-state index is 12.0. The minimum atomic E-state index is -0.0994. The van der Waals surface area contributed by atoms with E-state index >= 15 is 0 Å². The number of ether oxygens (including phenoxy) is 1. The summed E-state index contributed by atoms with van der Waals surface area (Å²) in [5.74, 6) is -0.177. The van der Waals surface area contributed by atoms with Crippen molar-refractivity contribution in [1.82, 2.24) is 0 Å². The van der Waals surface area contributed by atoms with Crippen molar-refractivity contribution in [3.05, 3.63) is 24.3 Å². The van der Waals surface area contributed by atoms with E-state index in [1.165, 1.54) is 5.57 Å². The second-order valence-corrected chi connectivity index (χ2v) is 5.01. The van der Waals surface area contributed by atoms with Crippen LogP contribution in [0.4, 0.5) is 0 Å². The molecule has 0 heterocycles. The predicted molar refractivity (Wildman–Crippen MR) is 66.0 cm³/mol. The summed E-state index contributed by atoms with van der Waals surface area (Å²) in [5.41, 5.74) is 1.24. The van der Waals surface area contributed by atoms with Gasteiger partial charge < -0.3 is 4.74 Å². The molecule has 0 N–H and O–H groups in total. The average molecular weight is 222 g/mol. The van der Waals surface area contributed by atoms with Crippen molar-refractivity contribution in [3.8, 4) is 0 Å². The average Bonchev–Trinajstić information content (AvgIpc) is 2.24. The molecule has 1 aliphatic rings. The van der Waals surface area contributed by atoms with E-state index < -0.39 is 0 Å². The molecule has 90 valence electrons. The fourth-order valence-corrected chi connectivity index (χ4v) is 2.44. The van der Waals surface area contributed by atoms with E-state index in [-0.39, 0.29) is 17.3 Å². The lowest BCUT2D eigenvalue weighted by Crippen LogP contribution is -2.36. The van der Waals surface area contributed by atoms with E-state index in [4.69, 9.17) is 4.74 Å². The zero-order valence-corrected chi connectivity index (χ0v) is 10.6. The Balaban J connectivity index is 2.85. The highest BCUT2D eigenvalue weighted by Gasteiger charge is 2.39. The summed E-state index contributed by atoms with van der Waals surface area (Å²) < 4.78 is 5.20. The molecule has 0 spiro atoms. The minimum absolute atomic E-state index is 0.0122. The smallest absolute Gasteiger partial charge is 0.313 e. The summed E-state index contributed by atoms with van der Waals surface area (Å²) in [7, 11) is 0. The van der Waals surface area contributed by atoms with Gasteiger partial charge in [0.2, 0.25) is 0 Å². The van der Waals surface area contributed by atoms with Crippen LogP contribution < -0.4 is 0 Å². The molecule has 2 heteroatoms. The Kier molecular flexibility index (Phi) is 4.34. The molecule has 0 bridgehead atoms. The van der Waals surface area contributed by atoms with Crippen LogP contribution in [0.2, 0.25) is 0 Å². The largest absolute Gasteiger partial charge is 0.461 e. The Labute approximate surface area is 98.4 Å².